The maximum Gasteiger partial charge on any atom is 0.260 e. The number of nitrogens with one attached hydrogen (secondary N) is 1. The number of halogens is 2. The zero-order chi connectivity index (χ0) is 35.9. The number of carbonyl (C=O) groups excluding carboxylic acids is 4. The summed E-state index contributed by atoms with van der Waals surface area (Å²) in [6.07, 6.45) is 2.40. The highest BCUT2D eigenvalue weighted by atomic mass is 35.5. The first-order chi connectivity index (χ1) is 23.7. The van der Waals surface area contributed by atoms with Crippen LogP contribution in [-0.2, 0) is 24.6 Å². The zero-order valence-corrected chi connectivity index (χ0v) is 29.7. The molecule has 0 spiro atoms. The van der Waals surface area contributed by atoms with Crippen molar-refractivity contribution in [1.29, 1.82) is 0 Å². The number of allylic oxidation sites excluding steroid dienone is 2. The monoisotopic (exact) mass is 717 g/mol. The number of likely N-dealkylation sites (tertiary alicyclic amines) is 1. The Morgan fingerprint density at radius 2 is 1.60 bits per heavy atom. The first-order valence-corrected chi connectivity index (χ1v) is 17.2. The van der Waals surface area contributed by atoms with Crippen LogP contribution >= 0.6 is 23.2 Å². The number of hydrogen-bond acceptors (Lipinski definition) is 8. The SMILES string of the molecule is COc1ccc([C@@]23C(=O)N(Nc4ccc(Cl)cc4Cl)C(=O)[C@@H]2C[C@@H]2C(=CC[C@@H]4C(=O)N(C(C)(C)C)C(=O)[C@@H]42)[C@@H]3c2ccc(O)cc2OC)cc1. The molecule has 50 heavy (non-hydrogen) atoms. The molecule has 3 aromatic carbocycles. The summed E-state index contributed by atoms with van der Waals surface area (Å²) in [5.41, 5.74) is 2.87. The van der Waals surface area contributed by atoms with Gasteiger partial charge < -0.3 is 14.6 Å². The molecule has 0 unspecified atom stereocenters. The van der Waals surface area contributed by atoms with Crippen molar-refractivity contribution in [3.8, 4) is 17.2 Å². The summed E-state index contributed by atoms with van der Waals surface area (Å²) in [5.74, 6) is -4.43. The summed E-state index contributed by atoms with van der Waals surface area (Å²) in [7, 11) is 3.01. The van der Waals surface area contributed by atoms with Crippen molar-refractivity contribution in [3.63, 3.8) is 0 Å². The molecule has 2 saturated heterocycles. The molecule has 2 N–H and O–H groups in total. The summed E-state index contributed by atoms with van der Waals surface area (Å²) in [4.78, 5) is 59.7. The topological polar surface area (TPSA) is 125 Å². The molecule has 3 fully saturated rings. The number of ether oxygens (including phenoxy) is 2. The van der Waals surface area contributed by atoms with Gasteiger partial charge in [0.05, 0.1) is 48.1 Å². The van der Waals surface area contributed by atoms with E-state index < -0.39 is 52.4 Å². The number of benzene rings is 3. The summed E-state index contributed by atoms with van der Waals surface area (Å²) in [6.45, 7) is 5.50. The Morgan fingerprint density at radius 1 is 0.880 bits per heavy atom. The second kappa shape index (κ2) is 12.1. The highest BCUT2D eigenvalue weighted by Gasteiger charge is 2.71. The third-order valence-electron chi connectivity index (χ3n) is 10.8. The lowest BCUT2D eigenvalue weighted by molar-refractivity contribution is -0.146. The van der Waals surface area contributed by atoms with Gasteiger partial charge in [0.15, 0.2) is 0 Å². The van der Waals surface area contributed by atoms with E-state index in [-0.39, 0.29) is 29.0 Å². The van der Waals surface area contributed by atoms with Crippen molar-refractivity contribution < 1.29 is 33.8 Å². The highest BCUT2D eigenvalue weighted by Crippen LogP contribution is 2.65. The highest BCUT2D eigenvalue weighted by molar-refractivity contribution is 6.36. The van der Waals surface area contributed by atoms with Crippen LogP contribution in [0.15, 0.2) is 72.3 Å². The van der Waals surface area contributed by atoms with Crippen LogP contribution in [0, 0.1) is 23.7 Å². The number of methoxy groups -OCH3 is 2. The van der Waals surface area contributed by atoms with E-state index >= 15 is 4.79 Å². The van der Waals surface area contributed by atoms with Crippen LogP contribution in [0.4, 0.5) is 5.69 Å². The number of nitrogens with zero attached hydrogens (tertiary/aromatic N) is 2. The number of carbonyl (C=O) groups is 4. The zero-order valence-electron chi connectivity index (χ0n) is 28.2. The van der Waals surface area contributed by atoms with E-state index in [0.717, 1.165) is 10.6 Å². The maximum absolute atomic E-state index is 15.4. The molecule has 260 valence electrons. The van der Waals surface area contributed by atoms with Crippen LogP contribution in [0.1, 0.15) is 50.7 Å². The number of phenols is 1. The van der Waals surface area contributed by atoms with Crippen LogP contribution < -0.4 is 14.9 Å². The van der Waals surface area contributed by atoms with Gasteiger partial charge in [0.25, 0.3) is 11.8 Å². The Labute approximate surface area is 299 Å². The minimum absolute atomic E-state index is 0.0439. The van der Waals surface area contributed by atoms with Crippen LogP contribution in [0.3, 0.4) is 0 Å². The van der Waals surface area contributed by atoms with E-state index in [9.17, 15) is 19.5 Å². The Bertz CT molecular complexity index is 1970. The Kier molecular flexibility index (Phi) is 8.18. The van der Waals surface area contributed by atoms with E-state index in [0.29, 0.717) is 39.8 Å². The van der Waals surface area contributed by atoms with E-state index in [4.69, 9.17) is 32.7 Å². The van der Waals surface area contributed by atoms with Crippen LogP contribution in [0.25, 0.3) is 0 Å². The number of amides is 4. The smallest absolute Gasteiger partial charge is 0.260 e. The van der Waals surface area contributed by atoms with Gasteiger partial charge in [-0.25, -0.2) is 0 Å². The number of rotatable bonds is 6. The van der Waals surface area contributed by atoms with Crippen molar-refractivity contribution in [2.75, 3.05) is 19.6 Å². The predicted molar refractivity (Wildman–Crippen MR) is 187 cm³/mol. The fourth-order valence-corrected chi connectivity index (χ4v) is 9.24. The largest absolute Gasteiger partial charge is 0.508 e. The molecule has 7 rings (SSSR count). The molecule has 2 heterocycles. The summed E-state index contributed by atoms with van der Waals surface area (Å²) >= 11 is 12.7. The van der Waals surface area contributed by atoms with E-state index in [1.54, 1.807) is 49.6 Å². The van der Waals surface area contributed by atoms with Crippen molar-refractivity contribution in [2.24, 2.45) is 23.7 Å². The number of imide groups is 2. The van der Waals surface area contributed by atoms with E-state index in [1.807, 2.05) is 26.8 Å². The molecular weight excluding hydrogens is 681 g/mol. The molecule has 10 nitrogen and oxygen atoms in total. The fourth-order valence-electron chi connectivity index (χ4n) is 8.79. The van der Waals surface area contributed by atoms with Gasteiger partial charge in [0.1, 0.15) is 17.2 Å². The summed E-state index contributed by atoms with van der Waals surface area (Å²) in [6, 6.07) is 16.4. The van der Waals surface area contributed by atoms with Gasteiger partial charge in [0, 0.05) is 28.1 Å². The van der Waals surface area contributed by atoms with Gasteiger partial charge in [-0.1, -0.05) is 53.1 Å². The standard InChI is InChI=1S/C38H37Cl2N3O7/c1-37(2,3)42-33(45)25-14-13-23-26(31(25)35(42)47)18-27-34(46)43(41-29-15-8-20(39)16-28(29)40)36(48)38(27,19-6-10-22(49-4)11-7-19)32(23)24-12-9-21(44)17-30(24)50-5/h6-13,15-17,25-27,31-32,41,44H,14,18H2,1-5H3/t25-,26+,27-,31-,32+,38+/m0/s1. The molecule has 4 aliphatic rings. The average Bonchev–Trinajstić information content (AvgIpc) is 3.47. The van der Waals surface area contributed by atoms with Gasteiger partial charge >= 0.3 is 0 Å². The number of anilines is 1. The average molecular weight is 719 g/mol. The van der Waals surface area contributed by atoms with E-state index in [2.05, 4.69) is 5.43 Å². The number of phenolic OH excluding ortho intramolecular Hbond substituents is 1. The normalized spacial score (nSPS) is 27.5. The maximum atomic E-state index is 15.4. The molecule has 3 aromatic rings. The Balaban J connectivity index is 1.49. The number of hydrogen-bond donors (Lipinski definition) is 2. The first kappa shape index (κ1) is 33.9. The molecule has 0 bridgehead atoms. The van der Waals surface area contributed by atoms with Crippen LogP contribution in [0.5, 0.6) is 17.2 Å². The quantitative estimate of drug-likeness (QED) is 0.219. The lowest BCUT2D eigenvalue weighted by Gasteiger charge is -2.50. The molecule has 2 aliphatic heterocycles. The first-order valence-electron chi connectivity index (χ1n) is 16.4. The van der Waals surface area contributed by atoms with Gasteiger partial charge in [0.2, 0.25) is 11.8 Å². The van der Waals surface area contributed by atoms with Crippen molar-refractivity contribution in [3.05, 3.63) is 93.5 Å². The lowest BCUT2D eigenvalue weighted by Crippen LogP contribution is -2.53. The minimum Gasteiger partial charge on any atom is -0.508 e. The molecule has 2 aliphatic carbocycles. The molecule has 0 aromatic heterocycles. The molecule has 1 saturated carbocycles. The van der Waals surface area contributed by atoms with E-state index in [1.165, 1.54) is 30.2 Å². The molecule has 6 atom stereocenters. The van der Waals surface area contributed by atoms with Crippen LogP contribution in [0.2, 0.25) is 10.0 Å². The number of fused-ring (bicyclic) bond motifs is 4. The Morgan fingerprint density at radius 3 is 2.24 bits per heavy atom. The second-order valence-electron chi connectivity index (χ2n) is 14.3. The van der Waals surface area contributed by atoms with Gasteiger partial charge in [-0.15, -0.1) is 0 Å². The van der Waals surface area contributed by atoms with Crippen molar-refractivity contribution in [2.45, 2.75) is 50.5 Å². The number of aromatic hydroxyl groups is 1. The van der Waals surface area contributed by atoms with Crippen molar-refractivity contribution in [1.82, 2.24) is 9.91 Å². The van der Waals surface area contributed by atoms with Crippen LogP contribution in [-0.4, -0.2) is 58.4 Å². The molecule has 12 heteroatoms. The van der Waals surface area contributed by atoms with Gasteiger partial charge in [-0.05, 0) is 81.5 Å². The summed E-state index contributed by atoms with van der Waals surface area (Å²) < 4.78 is 11.3. The number of hydrazine groups is 1. The molecule has 4 amide bonds. The lowest BCUT2D eigenvalue weighted by atomic mass is 9.49. The Hall–Kier alpha value is -4.54. The van der Waals surface area contributed by atoms with Gasteiger partial charge in [-0.3, -0.25) is 29.5 Å². The summed E-state index contributed by atoms with van der Waals surface area (Å²) in [5, 5.41) is 12.1. The minimum atomic E-state index is -1.55. The molecule has 0 radical (unpaired) electrons. The fraction of sp³-hybridized carbons (Fsp3) is 0.368. The molecular formula is C38H37Cl2N3O7. The third-order valence-corrected chi connectivity index (χ3v) is 11.3. The third kappa shape index (κ3) is 4.90. The van der Waals surface area contributed by atoms with Gasteiger partial charge in [-0.2, -0.15) is 5.01 Å². The predicted octanol–water partition coefficient (Wildman–Crippen LogP) is 6.50. The van der Waals surface area contributed by atoms with Crippen molar-refractivity contribution >= 4 is 52.5 Å². The second-order valence-corrected chi connectivity index (χ2v) is 15.2.